The minimum atomic E-state index is -3.49. The number of hydrogen-bond acceptors (Lipinski definition) is 11. The standard InChI is InChI=1S/C42H57N7O7S2/c1-9-29(37(43-10-2)26(4)55-7)38-31-22-42(5,6)25-56-41(52)32-15-13-19-49(46-32)40(51)33(45-39(50)28-14-12-18-47(23-28)58(8,53)54)21-36-44-34(24-57-36)27-16-17-35(30(31)20-27)48(38)11-3/h9-10,16-17,20,24,26,28,32-33,46H,1,11-15,18-19,21-23,25H2,2-8H3,(H,45,50)/b37-29+,43-10?/t26-,28-,32-,33-/m0/s1. The predicted molar refractivity (Wildman–Crippen MR) is 228 cm³/mol. The number of aliphatic imine (C=N–C) groups is 1. The van der Waals surface area contributed by atoms with Crippen molar-refractivity contribution in [1.82, 2.24) is 29.6 Å². The summed E-state index contributed by atoms with van der Waals surface area (Å²) in [6, 6.07) is 4.51. The number of ether oxygens (including phenoxy) is 2. The van der Waals surface area contributed by atoms with Crippen LogP contribution in [0.2, 0.25) is 0 Å². The molecule has 2 amide bonds. The Morgan fingerprint density at radius 3 is 2.69 bits per heavy atom. The molecule has 0 unspecified atom stereocenters. The van der Waals surface area contributed by atoms with E-state index in [2.05, 4.69) is 54.8 Å². The molecule has 0 aliphatic carbocycles. The molecule has 3 aromatic rings. The summed E-state index contributed by atoms with van der Waals surface area (Å²) in [6.07, 6.45) is 7.15. The first-order valence-electron chi connectivity index (χ1n) is 20.1. The van der Waals surface area contributed by atoms with E-state index in [-0.39, 0.29) is 25.7 Å². The number of carbonyl (C=O) groups is 3. The molecule has 58 heavy (non-hydrogen) atoms. The van der Waals surface area contributed by atoms with Gasteiger partial charge in [0.05, 0.1) is 47.0 Å². The van der Waals surface area contributed by atoms with Crippen LogP contribution in [0.25, 0.3) is 27.7 Å². The summed E-state index contributed by atoms with van der Waals surface area (Å²) in [6.45, 7) is 15.9. The molecule has 4 atom stereocenters. The van der Waals surface area contributed by atoms with E-state index >= 15 is 0 Å². The van der Waals surface area contributed by atoms with E-state index < -0.39 is 51.2 Å². The minimum Gasteiger partial charge on any atom is -0.464 e. The largest absolute Gasteiger partial charge is 0.464 e. The second-order valence-electron chi connectivity index (χ2n) is 16.2. The summed E-state index contributed by atoms with van der Waals surface area (Å²) < 4.78 is 40.1. The van der Waals surface area contributed by atoms with Crippen LogP contribution in [0.4, 0.5) is 0 Å². The number of rotatable bonds is 9. The third kappa shape index (κ3) is 9.31. The Bertz CT molecular complexity index is 2220. The molecule has 3 aliphatic heterocycles. The van der Waals surface area contributed by atoms with Crippen molar-refractivity contribution in [3.05, 3.63) is 58.2 Å². The number of amides is 2. The number of esters is 1. The minimum absolute atomic E-state index is 0.0494. The lowest BCUT2D eigenvalue weighted by molar-refractivity contribution is -0.155. The highest BCUT2D eigenvalue weighted by Crippen LogP contribution is 2.40. The van der Waals surface area contributed by atoms with Gasteiger partial charge in [0.15, 0.2) is 0 Å². The van der Waals surface area contributed by atoms with Gasteiger partial charge in [-0.15, -0.1) is 11.3 Å². The van der Waals surface area contributed by atoms with Gasteiger partial charge in [-0.1, -0.05) is 32.6 Å². The molecule has 0 spiro atoms. The van der Waals surface area contributed by atoms with E-state index in [4.69, 9.17) is 19.5 Å². The van der Waals surface area contributed by atoms with Crippen LogP contribution in [0.3, 0.4) is 0 Å². The van der Waals surface area contributed by atoms with E-state index in [0.29, 0.717) is 56.7 Å². The van der Waals surface area contributed by atoms with E-state index in [1.165, 1.54) is 20.7 Å². The van der Waals surface area contributed by atoms with Crippen molar-refractivity contribution >= 4 is 61.8 Å². The number of hydrazine groups is 1. The Balaban J connectivity index is 1.46. The van der Waals surface area contributed by atoms with Crippen LogP contribution in [0.15, 0.2) is 46.9 Å². The molecule has 1 aromatic carbocycles. The van der Waals surface area contributed by atoms with Gasteiger partial charge in [-0.25, -0.2) is 23.1 Å². The number of nitrogens with zero attached hydrogens (tertiary/aromatic N) is 5. The second kappa shape index (κ2) is 18.0. The fraction of sp³-hybridized carbons (Fsp3) is 0.548. The second-order valence-corrected chi connectivity index (χ2v) is 19.1. The fourth-order valence-corrected chi connectivity index (χ4v) is 9.99. The average molecular weight is 836 g/mol. The zero-order chi connectivity index (χ0) is 41.9. The Kier molecular flexibility index (Phi) is 13.4. The molecule has 3 aliphatic rings. The summed E-state index contributed by atoms with van der Waals surface area (Å²) in [4.78, 5) is 51.6. The molecule has 0 saturated carbocycles. The fourth-order valence-electron chi connectivity index (χ4n) is 8.22. The summed E-state index contributed by atoms with van der Waals surface area (Å²) in [5.41, 5.74) is 8.87. The topological polar surface area (TPSA) is 165 Å². The first kappa shape index (κ1) is 43.4. The molecule has 6 rings (SSSR count). The van der Waals surface area contributed by atoms with Crippen LogP contribution < -0.4 is 10.7 Å². The number of aromatic nitrogens is 2. The molecule has 2 N–H and O–H groups in total. The SMILES string of the molecule is C=C/C(=C(\N=CC)[C@H](C)OC)c1c2c3cc(ccc3n1CC)-c1csc(n1)C[C@H](NC(=O)[C@H]1CCCN(S(C)(=O)=O)C1)C(=O)N1CCC[C@H](N1)C(=O)OCC(C)(C)C2. The van der Waals surface area contributed by atoms with Crippen molar-refractivity contribution in [2.24, 2.45) is 16.3 Å². The first-order valence-corrected chi connectivity index (χ1v) is 22.8. The number of benzene rings is 1. The van der Waals surface area contributed by atoms with E-state index in [9.17, 15) is 22.8 Å². The number of allylic oxidation sites excluding steroid dienone is 2. The number of carbonyl (C=O) groups excluding carboxylic acids is 3. The van der Waals surface area contributed by atoms with Crippen molar-refractivity contribution in [2.75, 3.05) is 39.6 Å². The van der Waals surface area contributed by atoms with Crippen LogP contribution in [0, 0.1) is 11.3 Å². The quantitative estimate of drug-likeness (QED) is 0.169. The highest BCUT2D eigenvalue weighted by atomic mass is 32.2. The molecule has 314 valence electrons. The van der Waals surface area contributed by atoms with Crippen LogP contribution in [0.5, 0.6) is 0 Å². The molecule has 5 heterocycles. The highest BCUT2D eigenvalue weighted by molar-refractivity contribution is 7.88. The summed E-state index contributed by atoms with van der Waals surface area (Å²) in [5, 5.41) is 8.00. The number of cyclic esters (lactones) is 1. The Hall–Kier alpha value is -4.22. The molecular formula is C42H57N7O7S2. The van der Waals surface area contributed by atoms with Gasteiger partial charge in [0.25, 0.3) is 5.91 Å². The van der Waals surface area contributed by atoms with Crippen molar-refractivity contribution < 1.29 is 32.3 Å². The number of nitrogens with one attached hydrogen (secondary N) is 2. The number of piperidine rings is 1. The maximum atomic E-state index is 14.3. The third-order valence-corrected chi connectivity index (χ3v) is 13.4. The van der Waals surface area contributed by atoms with Gasteiger partial charge >= 0.3 is 5.97 Å². The van der Waals surface area contributed by atoms with Gasteiger partial charge in [0.2, 0.25) is 15.9 Å². The molecule has 2 fully saturated rings. The predicted octanol–water partition coefficient (Wildman–Crippen LogP) is 5.13. The number of hydrogen-bond donors (Lipinski definition) is 2. The number of thiazole rings is 1. The highest BCUT2D eigenvalue weighted by Gasteiger charge is 2.37. The molecule has 14 nitrogen and oxygen atoms in total. The van der Waals surface area contributed by atoms with Gasteiger partial charge in [0, 0.05) is 78.8 Å². The maximum Gasteiger partial charge on any atom is 0.324 e. The van der Waals surface area contributed by atoms with E-state index in [0.717, 1.165) is 50.9 Å². The summed E-state index contributed by atoms with van der Waals surface area (Å²) in [7, 11) is -1.83. The van der Waals surface area contributed by atoms with Crippen molar-refractivity contribution in [3.8, 4) is 11.3 Å². The van der Waals surface area contributed by atoms with Crippen LogP contribution in [-0.4, -0.2) is 109 Å². The molecular weight excluding hydrogens is 779 g/mol. The Labute approximate surface area is 345 Å². The Morgan fingerprint density at radius 2 is 2.00 bits per heavy atom. The van der Waals surface area contributed by atoms with Crippen LogP contribution >= 0.6 is 11.3 Å². The van der Waals surface area contributed by atoms with Crippen LogP contribution in [0.1, 0.15) is 76.6 Å². The number of sulfonamides is 1. The third-order valence-electron chi connectivity index (χ3n) is 11.3. The lowest BCUT2D eigenvalue weighted by atomic mass is 9.84. The summed E-state index contributed by atoms with van der Waals surface area (Å²) >= 11 is 1.40. The normalized spacial score (nSPS) is 23.3. The lowest BCUT2D eigenvalue weighted by Gasteiger charge is -2.36. The van der Waals surface area contributed by atoms with Gasteiger partial charge in [-0.3, -0.25) is 24.4 Å². The van der Waals surface area contributed by atoms with Crippen molar-refractivity contribution in [2.45, 2.75) is 97.9 Å². The smallest absolute Gasteiger partial charge is 0.324 e. The Morgan fingerprint density at radius 1 is 1.24 bits per heavy atom. The van der Waals surface area contributed by atoms with Gasteiger partial charge in [0.1, 0.15) is 12.1 Å². The molecule has 2 saturated heterocycles. The summed E-state index contributed by atoms with van der Waals surface area (Å²) in [5.74, 6) is -1.87. The molecule has 2 aromatic heterocycles. The van der Waals surface area contributed by atoms with E-state index in [1.807, 2.05) is 31.4 Å². The maximum absolute atomic E-state index is 14.3. The first-order chi connectivity index (χ1) is 27.6. The molecule has 0 radical (unpaired) electrons. The number of methoxy groups -OCH3 is 1. The lowest BCUT2D eigenvalue weighted by Crippen LogP contribution is -2.61. The van der Waals surface area contributed by atoms with Gasteiger partial charge in [-0.2, -0.15) is 0 Å². The average Bonchev–Trinajstić information content (AvgIpc) is 3.80. The number of aryl methyl sites for hydroxylation is 1. The number of fused-ring (bicyclic) bond motifs is 6. The monoisotopic (exact) mass is 835 g/mol. The van der Waals surface area contributed by atoms with Gasteiger partial charge < -0.3 is 19.4 Å². The molecule has 6 bridgehead atoms. The zero-order valence-corrected chi connectivity index (χ0v) is 36.3. The van der Waals surface area contributed by atoms with E-state index in [1.54, 1.807) is 13.3 Å². The van der Waals surface area contributed by atoms with Gasteiger partial charge in [-0.05, 0) is 70.6 Å². The molecule has 16 heteroatoms. The zero-order valence-electron chi connectivity index (χ0n) is 34.7. The van der Waals surface area contributed by atoms with Crippen LogP contribution in [-0.2, 0) is 53.3 Å². The van der Waals surface area contributed by atoms with Crippen molar-refractivity contribution in [1.29, 1.82) is 0 Å². The van der Waals surface area contributed by atoms with Crippen molar-refractivity contribution in [3.63, 3.8) is 0 Å².